The number of aromatic nitrogens is 5. The van der Waals surface area contributed by atoms with E-state index < -0.39 is 5.60 Å². The van der Waals surface area contributed by atoms with Gasteiger partial charge in [0.25, 0.3) is 0 Å². The molecule has 4 aromatic rings. The SMILES string of the molecule is CC(C)(C)OC(=O)CNc1cc(-c2cn(-c3ccc(Cl)nn3)nc2-c2ccc(F)cc2)ccn1. The van der Waals surface area contributed by atoms with Crippen LogP contribution < -0.4 is 5.32 Å². The van der Waals surface area contributed by atoms with Gasteiger partial charge in [-0.05, 0) is 74.9 Å². The summed E-state index contributed by atoms with van der Waals surface area (Å²) in [4.78, 5) is 16.3. The molecule has 0 fully saturated rings. The fraction of sp³-hybridized carbons (Fsp3) is 0.208. The van der Waals surface area contributed by atoms with Gasteiger partial charge in [0.1, 0.15) is 29.5 Å². The number of ether oxygens (including phenoxy) is 1. The van der Waals surface area contributed by atoms with Crippen LogP contribution in [0.25, 0.3) is 28.2 Å². The Morgan fingerprint density at radius 2 is 1.85 bits per heavy atom. The van der Waals surface area contributed by atoms with Crippen LogP contribution in [-0.4, -0.2) is 43.1 Å². The Morgan fingerprint density at radius 3 is 2.53 bits per heavy atom. The molecule has 0 aliphatic heterocycles. The second kappa shape index (κ2) is 9.56. The fourth-order valence-electron chi connectivity index (χ4n) is 3.19. The zero-order valence-electron chi connectivity index (χ0n) is 18.8. The van der Waals surface area contributed by atoms with Crippen LogP contribution in [0.4, 0.5) is 10.2 Å². The number of hydrogen-bond acceptors (Lipinski definition) is 7. The van der Waals surface area contributed by atoms with E-state index in [1.165, 1.54) is 12.1 Å². The number of anilines is 1. The lowest BCUT2D eigenvalue weighted by molar-refractivity contribution is -0.152. The molecule has 174 valence electrons. The van der Waals surface area contributed by atoms with Crippen molar-refractivity contribution >= 4 is 23.4 Å². The second-order valence-electron chi connectivity index (χ2n) is 8.43. The summed E-state index contributed by atoms with van der Waals surface area (Å²) < 4.78 is 20.4. The first kappa shape index (κ1) is 23.3. The molecule has 0 unspecified atom stereocenters. The minimum Gasteiger partial charge on any atom is -0.459 e. The number of esters is 1. The first-order valence-corrected chi connectivity index (χ1v) is 10.8. The van der Waals surface area contributed by atoms with Crippen LogP contribution in [0.1, 0.15) is 20.8 Å². The Morgan fingerprint density at radius 1 is 1.09 bits per heavy atom. The van der Waals surface area contributed by atoms with E-state index in [-0.39, 0.29) is 23.5 Å². The van der Waals surface area contributed by atoms with E-state index in [2.05, 4.69) is 25.6 Å². The standard InChI is InChI=1S/C24H22ClFN6O2/c1-24(2,3)34-22(33)13-28-20-12-16(10-11-27-20)18-14-32(21-9-8-19(25)29-30-21)31-23(18)15-4-6-17(26)7-5-15/h4-12,14H,13H2,1-3H3,(H,27,28). The average Bonchev–Trinajstić information content (AvgIpc) is 3.23. The van der Waals surface area contributed by atoms with Crippen LogP contribution in [0.5, 0.6) is 0 Å². The summed E-state index contributed by atoms with van der Waals surface area (Å²) in [5.41, 5.74) is 2.30. The van der Waals surface area contributed by atoms with E-state index in [0.29, 0.717) is 17.3 Å². The zero-order valence-corrected chi connectivity index (χ0v) is 19.5. The Kier molecular flexibility index (Phi) is 6.56. The highest BCUT2D eigenvalue weighted by Gasteiger charge is 2.18. The minimum atomic E-state index is -0.572. The zero-order chi connectivity index (χ0) is 24.3. The monoisotopic (exact) mass is 480 g/mol. The summed E-state index contributed by atoms with van der Waals surface area (Å²) in [6.07, 6.45) is 3.42. The highest BCUT2D eigenvalue weighted by atomic mass is 35.5. The largest absolute Gasteiger partial charge is 0.459 e. The van der Waals surface area contributed by atoms with Crippen molar-refractivity contribution < 1.29 is 13.9 Å². The molecule has 3 aromatic heterocycles. The highest BCUT2D eigenvalue weighted by molar-refractivity contribution is 6.29. The Balaban J connectivity index is 1.68. The van der Waals surface area contributed by atoms with Gasteiger partial charge in [0.05, 0.1) is 0 Å². The van der Waals surface area contributed by atoms with Crippen molar-refractivity contribution in [3.63, 3.8) is 0 Å². The number of pyridine rings is 1. The topological polar surface area (TPSA) is 94.8 Å². The van der Waals surface area contributed by atoms with Gasteiger partial charge in [0.2, 0.25) is 0 Å². The van der Waals surface area contributed by atoms with Gasteiger partial charge in [-0.25, -0.2) is 14.1 Å². The predicted molar refractivity (Wildman–Crippen MR) is 127 cm³/mol. The van der Waals surface area contributed by atoms with E-state index in [4.69, 9.17) is 16.3 Å². The molecular weight excluding hydrogens is 459 g/mol. The van der Waals surface area contributed by atoms with Gasteiger partial charge in [-0.15, -0.1) is 10.2 Å². The Bertz CT molecular complexity index is 1300. The maximum absolute atomic E-state index is 13.5. The molecule has 0 spiro atoms. The molecule has 3 heterocycles. The van der Waals surface area contributed by atoms with Crippen LogP contribution >= 0.6 is 11.6 Å². The maximum atomic E-state index is 13.5. The first-order valence-electron chi connectivity index (χ1n) is 10.5. The van der Waals surface area contributed by atoms with Crippen molar-refractivity contribution in [1.82, 2.24) is 25.0 Å². The van der Waals surface area contributed by atoms with Crippen molar-refractivity contribution in [2.24, 2.45) is 0 Å². The summed E-state index contributed by atoms with van der Waals surface area (Å²) in [5.74, 6) is 0.232. The normalized spacial score (nSPS) is 11.3. The van der Waals surface area contributed by atoms with Gasteiger partial charge < -0.3 is 10.1 Å². The molecule has 0 bridgehead atoms. The highest BCUT2D eigenvalue weighted by Crippen LogP contribution is 2.32. The van der Waals surface area contributed by atoms with Crippen LogP contribution in [0.3, 0.4) is 0 Å². The summed E-state index contributed by atoms with van der Waals surface area (Å²) in [6, 6.07) is 13.0. The second-order valence-corrected chi connectivity index (χ2v) is 8.81. The van der Waals surface area contributed by atoms with E-state index in [0.717, 1.165) is 16.7 Å². The number of nitrogens with one attached hydrogen (secondary N) is 1. The minimum absolute atomic E-state index is 0.0296. The van der Waals surface area contributed by atoms with Gasteiger partial charge >= 0.3 is 5.97 Å². The summed E-state index contributed by atoms with van der Waals surface area (Å²) in [5, 5.41) is 15.9. The molecule has 0 aliphatic rings. The summed E-state index contributed by atoms with van der Waals surface area (Å²) in [6.45, 7) is 5.40. The predicted octanol–water partition coefficient (Wildman–Crippen LogP) is 4.94. The number of carbonyl (C=O) groups excluding carboxylic acids is 1. The number of nitrogens with zero attached hydrogens (tertiary/aromatic N) is 5. The molecule has 0 saturated carbocycles. The molecule has 0 radical (unpaired) electrons. The third-order valence-corrected chi connectivity index (χ3v) is 4.79. The van der Waals surface area contributed by atoms with Gasteiger partial charge in [-0.1, -0.05) is 11.6 Å². The molecule has 8 nitrogen and oxygen atoms in total. The average molecular weight is 481 g/mol. The van der Waals surface area contributed by atoms with Crippen LogP contribution in [0.15, 0.2) is 60.9 Å². The molecular formula is C24H22ClFN6O2. The van der Waals surface area contributed by atoms with Gasteiger partial charge in [0.15, 0.2) is 11.0 Å². The van der Waals surface area contributed by atoms with Crippen molar-refractivity contribution in [3.05, 3.63) is 71.9 Å². The molecule has 0 saturated heterocycles. The third-order valence-electron chi connectivity index (χ3n) is 4.59. The van der Waals surface area contributed by atoms with Gasteiger partial charge in [-0.2, -0.15) is 5.10 Å². The van der Waals surface area contributed by atoms with Crippen molar-refractivity contribution in [1.29, 1.82) is 0 Å². The number of halogens is 2. The molecule has 0 amide bonds. The molecule has 0 aliphatic carbocycles. The lowest BCUT2D eigenvalue weighted by atomic mass is 10.0. The first-order chi connectivity index (χ1) is 16.2. The van der Waals surface area contributed by atoms with Gasteiger partial charge in [0, 0.05) is 23.5 Å². The lowest BCUT2D eigenvalue weighted by Crippen LogP contribution is -2.28. The van der Waals surface area contributed by atoms with Crippen molar-refractivity contribution in [2.45, 2.75) is 26.4 Å². The maximum Gasteiger partial charge on any atom is 0.325 e. The quantitative estimate of drug-likeness (QED) is 0.390. The van der Waals surface area contributed by atoms with Crippen LogP contribution in [-0.2, 0) is 9.53 Å². The smallest absolute Gasteiger partial charge is 0.325 e. The van der Waals surface area contributed by atoms with E-state index in [1.54, 1.807) is 47.4 Å². The molecule has 1 N–H and O–H groups in total. The van der Waals surface area contributed by atoms with Crippen LogP contribution in [0.2, 0.25) is 5.15 Å². The van der Waals surface area contributed by atoms with Crippen molar-refractivity contribution in [3.8, 4) is 28.2 Å². The molecule has 1 aromatic carbocycles. The summed E-state index contributed by atoms with van der Waals surface area (Å²) >= 11 is 5.86. The van der Waals surface area contributed by atoms with E-state index >= 15 is 0 Å². The molecule has 34 heavy (non-hydrogen) atoms. The molecule has 10 heteroatoms. The number of benzene rings is 1. The number of hydrogen-bond donors (Lipinski definition) is 1. The third kappa shape index (κ3) is 5.74. The number of rotatable bonds is 6. The summed E-state index contributed by atoms with van der Waals surface area (Å²) in [7, 11) is 0. The molecule has 4 rings (SSSR count). The Hall–Kier alpha value is -3.85. The fourth-order valence-corrected chi connectivity index (χ4v) is 3.29. The van der Waals surface area contributed by atoms with Crippen LogP contribution in [0, 0.1) is 5.82 Å². The van der Waals surface area contributed by atoms with Crippen molar-refractivity contribution in [2.75, 3.05) is 11.9 Å². The number of carbonyl (C=O) groups is 1. The van der Waals surface area contributed by atoms with E-state index in [9.17, 15) is 9.18 Å². The van der Waals surface area contributed by atoms with E-state index in [1.807, 2.05) is 26.8 Å². The lowest BCUT2D eigenvalue weighted by Gasteiger charge is -2.19. The molecule has 0 atom stereocenters. The Labute approximate surface area is 200 Å². The van der Waals surface area contributed by atoms with Gasteiger partial charge in [-0.3, -0.25) is 4.79 Å².